The van der Waals surface area contributed by atoms with Gasteiger partial charge in [0.05, 0.1) is 13.2 Å². The van der Waals surface area contributed by atoms with Crippen molar-refractivity contribution in [3.05, 3.63) is 29.8 Å². The van der Waals surface area contributed by atoms with Crippen molar-refractivity contribution in [1.82, 2.24) is 10.2 Å². The van der Waals surface area contributed by atoms with Gasteiger partial charge in [-0.05, 0) is 18.6 Å². The van der Waals surface area contributed by atoms with Gasteiger partial charge in [-0.15, -0.1) is 0 Å². The number of anilines is 1. The highest BCUT2D eigenvalue weighted by Gasteiger charge is 2.19. The number of hydrogen-bond acceptors (Lipinski definition) is 4. The molecule has 2 aliphatic heterocycles. The summed E-state index contributed by atoms with van der Waals surface area (Å²) < 4.78 is 5.46. The van der Waals surface area contributed by atoms with E-state index in [1.54, 1.807) is 0 Å². The van der Waals surface area contributed by atoms with Gasteiger partial charge in [0, 0.05) is 51.0 Å². The SMILES string of the molecule is C[C@H]1CN(Cc2ccccc2N2CCOCC2)CCN1. The van der Waals surface area contributed by atoms with E-state index < -0.39 is 0 Å². The van der Waals surface area contributed by atoms with E-state index in [-0.39, 0.29) is 0 Å². The van der Waals surface area contributed by atoms with Crippen molar-refractivity contribution >= 4 is 5.69 Å². The third-order valence-corrected chi connectivity index (χ3v) is 4.19. The molecule has 4 nitrogen and oxygen atoms in total. The largest absolute Gasteiger partial charge is 0.378 e. The molecule has 0 spiro atoms. The summed E-state index contributed by atoms with van der Waals surface area (Å²) in [7, 11) is 0. The Hall–Kier alpha value is -1.10. The first-order valence-electron chi connectivity index (χ1n) is 7.69. The van der Waals surface area contributed by atoms with E-state index in [1.165, 1.54) is 11.3 Å². The molecule has 0 saturated carbocycles. The summed E-state index contributed by atoms with van der Waals surface area (Å²) >= 11 is 0. The maximum absolute atomic E-state index is 5.46. The highest BCUT2D eigenvalue weighted by Crippen LogP contribution is 2.23. The quantitative estimate of drug-likeness (QED) is 0.900. The molecule has 20 heavy (non-hydrogen) atoms. The Balaban J connectivity index is 1.71. The molecular formula is C16H25N3O. The summed E-state index contributed by atoms with van der Waals surface area (Å²) in [5.74, 6) is 0. The zero-order valence-electron chi connectivity index (χ0n) is 12.3. The van der Waals surface area contributed by atoms with E-state index in [9.17, 15) is 0 Å². The van der Waals surface area contributed by atoms with Crippen LogP contribution in [0, 0.1) is 0 Å². The summed E-state index contributed by atoms with van der Waals surface area (Å²) in [5.41, 5.74) is 2.84. The highest BCUT2D eigenvalue weighted by molar-refractivity contribution is 5.53. The number of nitrogens with zero attached hydrogens (tertiary/aromatic N) is 2. The fourth-order valence-corrected chi connectivity index (χ4v) is 3.15. The van der Waals surface area contributed by atoms with Crippen LogP contribution in [0.3, 0.4) is 0 Å². The molecule has 0 amide bonds. The lowest BCUT2D eigenvalue weighted by Crippen LogP contribution is -2.48. The molecule has 110 valence electrons. The second kappa shape index (κ2) is 6.57. The van der Waals surface area contributed by atoms with E-state index in [4.69, 9.17) is 4.74 Å². The summed E-state index contributed by atoms with van der Waals surface area (Å²) in [6.07, 6.45) is 0. The van der Waals surface area contributed by atoms with Gasteiger partial charge in [0.25, 0.3) is 0 Å². The Morgan fingerprint density at radius 3 is 2.80 bits per heavy atom. The van der Waals surface area contributed by atoms with Crippen LogP contribution >= 0.6 is 0 Å². The monoisotopic (exact) mass is 275 g/mol. The first kappa shape index (κ1) is 13.9. The van der Waals surface area contributed by atoms with Crippen LogP contribution < -0.4 is 10.2 Å². The number of hydrogen-bond donors (Lipinski definition) is 1. The smallest absolute Gasteiger partial charge is 0.0642 e. The predicted octanol–water partition coefficient (Wildman–Crippen LogP) is 1.32. The van der Waals surface area contributed by atoms with Crippen molar-refractivity contribution in [1.29, 1.82) is 0 Å². The highest BCUT2D eigenvalue weighted by atomic mass is 16.5. The minimum atomic E-state index is 0.597. The third kappa shape index (κ3) is 3.32. The first-order valence-corrected chi connectivity index (χ1v) is 7.69. The van der Waals surface area contributed by atoms with Gasteiger partial charge < -0.3 is 15.0 Å². The minimum absolute atomic E-state index is 0.597. The van der Waals surface area contributed by atoms with Crippen molar-refractivity contribution in [2.75, 3.05) is 50.8 Å². The summed E-state index contributed by atoms with van der Waals surface area (Å²) in [5, 5.41) is 3.51. The van der Waals surface area contributed by atoms with E-state index in [0.29, 0.717) is 6.04 Å². The zero-order chi connectivity index (χ0) is 13.8. The molecule has 0 aromatic heterocycles. The van der Waals surface area contributed by atoms with Crippen LogP contribution in [0.2, 0.25) is 0 Å². The molecule has 4 heteroatoms. The van der Waals surface area contributed by atoms with Gasteiger partial charge in [-0.25, -0.2) is 0 Å². The summed E-state index contributed by atoms with van der Waals surface area (Å²) in [6.45, 7) is 10.4. The fourth-order valence-electron chi connectivity index (χ4n) is 3.15. The van der Waals surface area contributed by atoms with Crippen LogP contribution in [0.1, 0.15) is 12.5 Å². The second-order valence-electron chi connectivity index (χ2n) is 5.82. The zero-order valence-corrected chi connectivity index (χ0v) is 12.3. The molecule has 0 radical (unpaired) electrons. The molecule has 2 fully saturated rings. The van der Waals surface area contributed by atoms with Crippen molar-refractivity contribution in [2.45, 2.75) is 19.5 Å². The van der Waals surface area contributed by atoms with E-state index in [1.807, 2.05) is 0 Å². The summed E-state index contributed by atoms with van der Waals surface area (Å²) in [6, 6.07) is 9.43. The van der Waals surface area contributed by atoms with E-state index in [0.717, 1.165) is 52.5 Å². The second-order valence-corrected chi connectivity index (χ2v) is 5.82. The first-order chi connectivity index (χ1) is 9.83. The number of nitrogens with one attached hydrogen (secondary N) is 1. The minimum Gasteiger partial charge on any atom is -0.378 e. The van der Waals surface area contributed by atoms with Gasteiger partial charge in [0.2, 0.25) is 0 Å². The molecule has 0 aliphatic carbocycles. The van der Waals surface area contributed by atoms with E-state index in [2.05, 4.69) is 46.3 Å². The Bertz CT molecular complexity index is 431. The topological polar surface area (TPSA) is 27.7 Å². The Morgan fingerprint density at radius 1 is 1.20 bits per heavy atom. The lowest BCUT2D eigenvalue weighted by Gasteiger charge is -2.34. The van der Waals surface area contributed by atoms with Crippen LogP contribution in [-0.4, -0.2) is 56.9 Å². The molecule has 2 saturated heterocycles. The molecule has 1 aromatic carbocycles. The lowest BCUT2D eigenvalue weighted by atomic mass is 10.1. The number of ether oxygens (including phenoxy) is 1. The normalized spacial score (nSPS) is 24.9. The average Bonchev–Trinajstić information content (AvgIpc) is 2.49. The molecule has 1 atom stereocenters. The Labute approximate surface area is 121 Å². The molecule has 1 N–H and O–H groups in total. The molecule has 3 rings (SSSR count). The third-order valence-electron chi connectivity index (χ3n) is 4.19. The van der Waals surface area contributed by atoms with Gasteiger partial charge in [0.1, 0.15) is 0 Å². The molecule has 1 aromatic rings. The average molecular weight is 275 g/mol. The number of rotatable bonds is 3. The van der Waals surface area contributed by atoms with Crippen LogP contribution in [0.25, 0.3) is 0 Å². The standard InChI is InChI=1S/C16H25N3O/c1-14-12-18(7-6-17-14)13-15-4-2-3-5-16(15)19-8-10-20-11-9-19/h2-5,14,17H,6-13H2,1H3/t14-/m0/s1. The fraction of sp³-hybridized carbons (Fsp3) is 0.625. The number of piperazine rings is 1. The van der Waals surface area contributed by atoms with Gasteiger partial charge in [-0.2, -0.15) is 0 Å². The van der Waals surface area contributed by atoms with Crippen molar-refractivity contribution in [3.8, 4) is 0 Å². The predicted molar refractivity (Wildman–Crippen MR) is 82.2 cm³/mol. The summed E-state index contributed by atoms with van der Waals surface area (Å²) in [4.78, 5) is 5.02. The van der Waals surface area contributed by atoms with Crippen molar-refractivity contribution in [3.63, 3.8) is 0 Å². The molecular weight excluding hydrogens is 250 g/mol. The number of morpholine rings is 1. The molecule has 2 aliphatic rings. The van der Waals surface area contributed by atoms with Crippen LogP contribution in [0.4, 0.5) is 5.69 Å². The van der Waals surface area contributed by atoms with Gasteiger partial charge >= 0.3 is 0 Å². The Kier molecular flexibility index (Phi) is 4.55. The van der Waals surface area contributed by atoms with Crippen LogP contribution in [0.15, 0.2) is 24.3 Å². The lowest BCUT2D eigenvalue weighted by molar-refractivity contribution is 0.122. The molecule has 0 unspecified atom stereocenters. The number of para-hydroxylation sites is 1. The Morgan fingerprint density at radius 2 is 2.00 bits per heavy atom. The van der Waals surface area contributed by atoms with Gasteiger partial charge in [-0.1, -0.05) is 18.2 Å². The molecule has 2 heterocycles. The molecule has 0 bridgehead atoms. The van der Waals surface area contributed by atoms with Gasteiger partial charge in [0.15, 0.2) is 0 Å². The van der Waals surface area contributed by atoms with Crippen LogP contribution in [0.5, 0.6) is 0 Å². The van der Waals surface area contributed by atoms with Crippen LogP contribution in [-0.2, 0) is 11.3 Å². The van der Waals surface area contributed by atoms with Gasteiger partial charge in [-0.3, -0.25) is 4.90 Å². The number of benzene rings is 1. The maximum atomic E-state index is 5.46. The van der Waals surface area contributed by atoms with Crippen molar-refractivity contribution < 1.29 is 4.74 Å². The van der Waals surface area contributed by atoms with Crippen molar-refractivity contribution in [2.24, 2.45) is 0 Å². The van der Waals surface area contributed by atoms with E-state index >= 15 is 0 Å². The maximum Gasteiger partial charge on any atom is 0.0642 e.